The number of nitrogen functional groups attached to an aromatic ring is 1. The quantitative estimate of drug-likeness (QED) is 0.836. The van der Waals surface area contributed by atoms with Crippen molar-refractivity contribution in [3.63, 3.8) is 0 Å². The van der Waals surface area contributed by atoms with E-state index in [1.54, 1.807) is 0 Å². The van der Waals surface area contributed by atoms with Crippen molar-refractivity contribution in [3.8, 4) is 5.75 Å². The van der Waals surface area contributed by atoms with Crippen LogP contribution in [-0.2, 0) is 14.8 Å². The zero-order valence-electron chi connectivity index (χ0n) is 11.1. The normalized spacial score (nSPS) is 17.7. The van der Waals surface area contributed by atoms with Gasteiger partial charge in [0.15, 0.2) is 11.6 Å². The number of hydrogen-bond donors (Lipinski definition) is 1. The second-order valence-electron chi connectivity index (χ2n) is 4.40. The van der Waals surface area contributed by atoms with Gasteiger partial charge in [-0.2, -0.15) is 4.31 Å². The lowest BCUT2D eigenvalue weighted by Gasteiger charge is -2.20. The van der Waals surface area contributed by atoms with Gasteiger partial charge in [0, 0.05) is 19.7 Å². The Hall–Kier alpha value is -1.38. The molecule has 0 aliphatic carbocycles. The van der Waals surface area contributed by atoms with E-state index < -0.39 is 15.8 Å². The zero-order chi connectivity index (χ0) is 14.8. The van der Waals surface area contributed by atoms with Crippen LogP contribution in [0.15, 0.2) is 17.0 Å². The van der Waals surface area contributed by atoms with Crippen molar-refractivity contribution in [2.75, 3.05) is 39.1 Å². The van der Waals surface area contributed by atoms with Crippen molar-refractivity contribution in [2.24, 2.45) is 0 Å². The number of anilines is 1. The Morgan fingerprint density at radius 1 is 1.35 bits per heavy atom. The fourth-order valence-electron chi connectivity index (χ4n) is 2.07. The van der Waals surface area contributed by atoms with Crippen LogP contribution in [0.1, 0.15) is 6.42 Å². The van der Waals surface area contributed by atoms with Crippen molar-refractivity contribution in [3.05, 3.63) is 17.9 Å². The number of ether oxygens (including phenoxy) is 2. The minimum absolute atomic E-state index is 0.0443. The minimum Gasteiger partial charge on any atom is -0.492 e. The van der Waals surface area contributed by atoms with Crippen LogP contribution < -0.4 is 10.5 Å². The average Bonchev–Trinajstić information content (AvgIpc) is 2.67. The first-order valence-electron chi connectivity index (χ1n) is 6.17. The highest BCUT2D eigenvalue weighted by Gasteiger charge is 2.27. The van der Waals surface area contributed by atoms with Gasteiger partial charge in [-0.1, -0.05) is 0 Å². The smallest absolute Gasteiger partial charge is 0.243 e. The molecule has 0 saturated carbocycles. The van der Waals surface area contributed by atoms with E-state index >= 15 is 0 Å². The van der Waals surface area contributed by atoms with Gasteiger partial charge in [-0.05, 0) is 18.6 Å². The van der Waals surface area contributed by atoms with Crippen LogP contribution in [0.4, 0.5) is 10.1 Å². The Balaban J connectivity index is 2.38. The molecule has 8 heteroatoms. The zero-order valence-corrected chi connectivity index (χ0v) is 12.0. The summed E-state index contributed by atoms with van der Waals surface area (Å²) in [5, 5.41) is 0. The maximum Gasteiger partial charge on any atom is 0.243 e. The molecule has 0 aromatic heterocycles. The molecule has 1 aromatic carbocycles. The first kappa shape index (κ1) is 15.0. The molecule has 1 aliphatic heterocycles. The van der Waals surface area contributed by atoms with E-state index in [9.17, 15) is 12.8 Å². The Kier molecular flexibility index (Phi) is 4.46. The van der Waals surface area contributed by atoms with E-state index in [2.05, 4.69) is 0 Å². The molecule has 0 bridgehead atoms. The minimum atomic E-state index is -3.78. The van der Waals surface area contributed by atoms with Crippen LogP contribution >= 0.6 is 0 Å². The maximum absolute atomic E-state index is 13.8. The fourth-order valence-corrected chi connectivity index (χ4v) is 3.58. The molecule has 2 rings (SSSR count). The van der Waals surface area contributed by atoms with Crippen LogP contribution in [0.2, 0.25) is 0 Å². The lowest BCUT2D eigenvalue weighted by atomic mass is 10.3. The molecule has 6 nitrogen and oxygen atoms in total. The third-order valence-corrected chi connectivity index (χ3v) is 4.95. The summed E-state index contributed by atoms with van der Waals surface area (Å²) in [5.41, 5.74) is 5.57. The molecule has 0 radical (unpaired) electrons. The molecule has 1 aromatic rings. The molecular formula is C12H17FN2O4S. The molecule has 20 heavy (non-hydrogen) atoms. The van der Waals surface area contributed by atoms with E-state index in [0.29, 0.717) is 26.2 Å². The molecule has 1 aliphatic rings. The van der Waals surface area contributed by atoms with Crippen LogP contribution in [0.3, 0.4) is 0 Å². The Labute approximate surface area is 117 Å². The third-order valence-electron chi connectivity index (χ3n) is 3.07. The van der Waals surface area contributed by atoms with Gasteiger partial charge in [0.1, 0.15) is 0 Å². The number of nitrogens with two attached hydrogens (primary N) is 1. The van der Waals surface area contributed by atoms with Crippen LogP contribution in [-0.4, -0.2) is 46.1 Å². The van der Waals surface area contributed by atoms with E-state index in [1.807, 2.05) is 0 Å². The summed E-state index contributed by atoms with van der Waals surface area (Å²) in [6.07, 6.45) is 0.605. The number of rotatable bonds is 3. The van der Waals surface area contributed by atoms with Crippen molar-refractivity contribution in [1.82, 2.24) is 4.31 Å². The van der Waals surface area contributed by atoms with Gasteiger partial charge in [0.05, 0.1) is 24.3 Å². The maximum atomic E-state index is 13.8. The highest BCUT2D eigenvalue weighted by atomic mass is 32.2. The summed E-state index contributed by atoms with van der Waals surface area (Å²) in [5.74, 6) is -0.944. The molecule has 112 valence electrons. The van der Waals surface area contributed by atoms with Gasteiger partial charge < -0.3 is 15.2 Å². The summed E-state index contributed by atoms with van der Waals surface area (Å²) >= 11 is 0. The number of hydrogen-bond acceptors (Lipinski definition) is 5. The van der Waals surface area contributed by atoms with E-state index in [0.717, 1.165) is 6.07 Å². The second-order valence-corrected chi connectivity index (χ2v) is 6.34. The Bertz CT molecular complexity index is 560. The molecule has 0 spiro atoms. The van der Waals surface area contributed by atoms with Gasteiger partial charge >= 0.3 is 0 Å². The first-order valence-corrected chi connectivity index (χ1v) is 7.61. The van der Waals surface area contributed by atoms with E-state index in [4.69, 9.17) is 15.2 Å². The van der Waals surface area contributed by atoms with E-state index in [-0.39, 0.29) is 22.9 Å². The standard InChI is InChI=1S/C12H17FN2O4S/c1-18-12-10(13)7-9(8-11(12)14)20(16,17)15-3-2-5-19-6-4-15/h7-8H,2-6,14H2,1H3. The lowest BCUT2D eigenvalue weighted by molar-refractivity contribution is 0.148. The number of benzene rings is 1. The molecule has 0 amide bonds. The molecule has 0 atom stereocenters. The van der Waals surface area contributed by atoms with Gasteiger partial charge in [0.25, 0.3) is 0 Å². The fraction of sp³-hybridized carbons (Fsp3) is 0.500. The lowest BCUT2D eigenvalue weighted by Crippen LogP contribution is -2.33. The van der Waals surface area contributed by atoms with Crippen LogP contribution in [0.25, 0.3) is 0 Å². The Morgan fingerprint density at radius 3 is 2.75 bits per heavy atom. The Morgan fingerprint density at radius 2 is 2.10 bits per heavy atom. The monoisotopic (exact) mass is 304 g/mol. The summed E-state index contributed by atoms with van der Waals surface area (Å²) in [6, 6.07) is 2.14. The van der Waals surface area contributed by atoms with Crippen molar-refractivity contribution in [1.29, 1.82) is 0 Å². The number of halogens is 1. The summed E-state index contributed by atoms with van der Waals surface area (Å²) in [6.45, 7) is 1.43. The molecular weight excluding hydrogens is 287 g/mol. The molecule has 1 fully saturated rings. The summed E-state index contributed by atoms with van der Waals surface area (Å²) in [4.78, 5) is -0.171. The van der Waals surface area contributed by atoms with Gasteiger partial charge in [0.2, 0.25) is 10.0 Å². The average molecular weight is 304 g/mol. The molecule has 1 saturated heterocycles. The van der Waals surface area contributed by atoms with Crippen molar-refractivity contribution >= 4 is 15.7 Å². The van der Waals surface area contributed by atoms with Gasteiger partial charge in [-0.25, -0.2) is 12.8 Å². The largest absolute Gasteiger partial charge is 0.492 e. The van der Waals surface area contributed by atoms with Crippen LogP contribution in [0.5, 0.6) is 5.75 Å². The molecule has 2 N–H and O–H groups in total. The van der Waals surface area contributed by atoms with Crippen molar-refractivity contribution in [2.45, 2.75) is 11.3 Å². The SMILES string of the molecule is COc1c(N)cc(S(=O)(=O)N2CCCOCC2)cc1F. The molecule has 1 heterocycles. The number of nitrogens with zero attached hydrogens (tertiary/aromatic N) is 1. The summed E-state index contributed by atoms with van der Waals surface area (Å²) < 4.78 is 50.0. The predicted molar refractivity (Wildman–Crippen MR) is 71.6 cm³/mol. The third kappa shape index (κ3) is 2.87. The van der Waals surface area contributed by atoms with Gasteiger partial charge in [-0.3, -0.25) is 0 Å². The predicted octanol–water partition coefficient (Wildman–Crippen LogP) is 0.827. The van der Waals surface area contributed by atoms with Crippen molar-refractivity contribution < 1.29 is 22.3 Å². The van der Waals surface area contributed by atoms with Gasteiger partial charge in [-0.15, -0.1) is 0 Å². The van der Waals surface area contributed by atoms with E-state index in [1.165, 1.54) is 17.5 Å². The number of methoxy groups -OCH3 is 1. The first-order chi connectivity index (χ1) is 9.46. The topological polar surface area (TPSA) is 81.9 Å². The summed E-state index contributed by atoms with van der Waals surface area (Å²) in [7, 11) is -2.50. The van der Waals surface area contributed by atoms with Crippen LogP contribution in [0, 0.1) is 5.82 Å². The molecule has 0 unspecified atom stereocenters. The highest BCUT2D eigenvalue weighted by Crippen LogP contribution is 2.30. The highest BCUT2D eigenvalue weighted by molar-refractivity contribution is 7.89. The second kappa shape index (κ2) is 5.94. The number of sulfonamides is 1.